The first-order valence-corrected chi connectivity index (χ1v) is 8.35. The van der Waals surface area contributed by atoms with Gasteiger partial charge in [-0.3, -0.25) is 4.79 Å². The van der Waals surface area contributed by atoms with Gasteiger partial charge in [0.15, 0.2) is 0 Å². The second-order valence-corrected chi connectivity index (χ2v) is 6.35. The summed E-state index contributed by atoms with van der Waals surface area (Å²) in [5, 5.41) is 8.91. The molecule has 2 aliphatic rings. The van der Waals surface area contributed by atoms with Gasteiger partial charge in [0.25, 0.3) is 0 Å². The normalized spacial score (nSPS) is 18.4. The highest BCUT2D eigenvalue weighted by molar-refractivity contribution is 5.90. The molecule has 3 N–H and O–H groups in total. The molecule has 0 aromatic heterocycles. The van der Waals surface area contributed by atoms with Crippen LogP contribution in [0.4, 0.5) is 16.2 Å². The minimum Gasteiger partial charge on any atom is -0.374 e. The number of carbonyl (C=O) groups is 2. The number of anilines is 2. The molecule has 1 saturated carbocycles. The second kappa shape index (κ2) is 6.89. The number of amides is 3. The molecule has 0 unspecified atom stereocenters. The van der Waals surface area contributed by atoms with Crippen LogP contribution in [0.5, 0.6) is 0 Å². The van der Waals surface area contributed by atoms with Gasteiger partial charge in [-0.2, -0.15) is 0 Å². The molecule has 1 aliphatic heterocycles. The minimum atomic E-state index is -0.245. The summed E-state index contributed by atoms with van der Waals surface area (Å²) in [6.07, 6.45) is 4.34. The monoisotopic (exact) mass is 316 g/mol. The van der Waals surface area contributed by atoms with Crippen molar-refractivity contribution >= 4 is 23.3 Å². The van der Waals surface area contributed by atoms with Crippen LogP contribution in [0.1, 0.15) is 32.6 Å². The topological polar surface area (TPSA) is 73.5 Å². The molecule has 1 aromatic rings. The Bertz CT molecular complexity index is 562. The van der Waals surface area contributed by atoms with E-state index in [1.54, 1.807) is 0 Å². The summed E-state index contributed by atoms with van der Waals surface area (Å²) in [5.74, 6) is 0.147. The predicted octanol–water partition coefficient (Wildman–Crippen LogP) is 2.39. The molecule has 1 saturated heterocycles. The molecule has 6 heteroatoms. The van der Waals surface area contributed by atoms with Crippen molar-refractivity contribution in [3.05, 3.63) is 24.3 Å². The fraction of sp³-hybridized carbons (Fsp3) is 0.529. The summed E-state index contributed by atoms with van der Waals surface area (Å²) in [7, 11) is 0. The van der Waals surface area contributed by atoms with Crippen molar-refractivity contribution in [3.63, 3.8) is 0 Å². The number of urea groups is 1. The predicted molar refractivity (Wildman–Crippen MR) is 90.5 cm³/mol. The molecule has 6 nitrogen and oxygen atoms in total. The summed E-state index contributed by atoms with van der Waals surface area (Å²) in [5.41, 5.74) is 1.62. The van der Waals surface area contributed by atoms with Crippen LogP contribution in [0.3, 0.4) is 0 Å². The third-order valence-corrected chi connectivity index (χ3v) is 4.23. The van der Waals surface area contributed by atoms with Crippen molar-refractivity contribution < 1.29 is 9.59 Å². The zero-order chi connectivity index (χ0) is 16.2. The summed E-state index contributed by atoms with van der Waals surface area (Å²) in [6.45, 7) is 3.61. The molecule has 1 aromatic carbocycles. The van der Waals surface area contributed by atoms with Crippen molar-refractivity contribution in [2.24, 2.45) is 0 Å². The lowest BCUT2D eigenvalue weighted by Gasteiger charge is -2.22. The van der Waals surface area contributed by atoms with Crippen LogP contribution < -0.4 is 16.0 Å². The van der Waals surface area contributed by atoms with E-state index in [0.29, 0.717) is 6.04 Å². The molecule has 2 fully saturated rings. The maximum atomic E-state index is 12.3. The molecule has 1 aliphatic carbocycles. The van der Waals surface area contributed by atoms with Crippen LogP contribution in [0.25, 0.3) is 0 Å². The Hall–Kier alpha value is -2.24. The highest BCUT2D eigenvalue weighted by Crippen LogP contribution is 2.19. The molecule has 0 bridgehead atoms. The van der Waals surface area contributed by atoms with Crippen molar-refractivity contribution in [1.82, 2.24) is 10.2 Å². The third kappa shape index (κ3) is 4.37. The molecule has 124 valence electrons. The SMILES string of the molecule is C[C@H](Nc1ccc(NC(=O)NC2CC2)cc1)C(=O)N1CCCC1. The standard InChI is InChI=1S/C17H24N4O2/c1-12(16(22)21-10-2-3-11-21)18-13-4-6-14(7-5-13)19-17(23)20-15-8-9-15/h4-7,12,15,18H,2-3,8-11H2,1H3,(H2,19,20,23)/t12-/m0/s1. The lowest BCUT2D eigenvalue weighted by atomic mass is 10.2. The number of carbonyl (C=O) groups excluding carboxylic acids is 2. The molecular weight excluding hydrogens is 292 g/mol. The van der Waals surface area contributed by atoms with Crippen LogP contribution in [-0.4, -0.2) is 42.0 Å². The van der Waals surface area contributed by atoms with Crippen LogP contribution in [-0.2, 0) is 4.79 Å². The maximum Gasteiger partial charge on any atom is 0.319 e. The summed E-state index contributed by atoms with van der Waals surface area (Å²) >= 11 is 0. The van der Waals surface area contributed by atoms with Gasteiger partial charge in [0.1, 0.15) is 6.04 Å². The van der Waals surface area contributed by atoms with Gasteiger partial charge in [-0.25, -0.2) is 4.79 Å². The van der Waals surface area contributed by atoms with Crippen LogP contribution in [0.15, 0.2) is 24.3 Å². The zero-order valence-corrected chi connectivity index (χ0v) is 13.5. The van der Waals surface area contributed by atoms with E-state index in [1.807, 2.05) is 36.1 Å². The zero-order valence-electron chi connectivity index (χ0n) is 13.5. The lowest BCUT2D eigenvalue weighted by molar-refractivity contribution is -0.130. The highest BCUT2D eigenvalue weighted by Gasteiger charge is 2.24. The molecule has 3 rings (SSSR count). The average Bonchev–Trinajstić information content (AvgIpc) is 3.17. The molecule has 23 heavy (non-hydrogen) atoms. The quantitative estimate of drug-likeness (QED) is 0.781. The Kier molecular flexibility index (Phi) is 4.69. The van der Waals surface area contributed by atoms with E-state index in [0.717, 1.165) is 50.1 Å². The number of benzene rings is 1. The van der Waals surface area contributed by atoms with Crippen molar-refractivity contribution in [1.29, 1.82) is 0 Å². The fourth-order valence-corrected chi connectivity index (χ4v) is 2.75. The Morgan fingerprint density at radius 2 is 1.70 bits per heavy atom. The van der Waals surface area contributed by atoms with Gasteiger partial charge in [0, 0.05) is 30.5 Å². The van der Waals surface area contributed by atoms with Crippen molar-refractivity contribution in [2.75, 3.05) is 23.7 Å². The maximum absolute atomic E-state index is 12.3. The van der Waals surface area contributed by atoms with E-state index in [2.05, 4.69) is 16.0 Å². The number of likely N-dealkylation sites (tertiary alicyclic amines) is 1. The lowest BCUT2D eigenvalue weighted by Crippen LogP contribution is -2.39. The van der Waals surface area contributed by atoms with Gasteiger partial charge in [0.05, 0.1) is 0 Å². The number of hydrogen-bond acceptors (Lipinski definition) is 3. The average molecular weight is 316 g/mol. The largest absolute Gasteiger partial charge is 0.374 e. The van der Waals surface area contributed by atoms with Gasteiger partial charge < -0.3 is 20.9 Å². The van der Waals surface area contributed by atoms with E-state index in [9.17, 15) is 9.59 Å². The number of nitrogens with zero attached hydrogens (tertiary/aromatic N) is 1. The van der Waals surface area contributed by atoms with Gasteiger partial charge in [0.2, 0.25) is 5.91 Å². The minimum absolute atomic E-state index is 0.147. The second-order valence-electron chi connectivity index (χ2n) is 6.35. The Balaban J connectivity index is 1.49. The van der Waals surface area contributed by atoms with Crippen LogP contribution in [0.2, 0.25) is 0 Å². The van der Waals surface area contributed by atoms with E-state index < -0.39 is 0 Å². The van der Waals surface area contributed by atoms with E-state index in [1.165, 1.54) is 0 Å². The number of rotatable bonds is 5. The molecule has 3 amide bonds. The van der Waals surface area contributed by atoms with Gasteiger partial charge in [-0.1, -0.05) is 0 Å². The van der Waals surface area contributed by atoms with Gasteiger partial charge in [-0.15, -0.1) is 0 Å². The van der Waals surface area contributed by atoms with Crippen LogP contribution >= 0.6 is 0 Å². The molecule has 0 spiro atoms. The van der Waals surface area contributed by atoms with E-state index in [-0.39, 0.29) is 18.0 Å². The van der Waals surface area contributed by atoms with Gasteiger partial charge >= 0.3 is 6.03 Å². The number of hydrogen-bond donors (Lipinski definition) is 3. The molecular formula is C17H24N4O2. The number of nitrogens with one attached hydrogen (secondary N) is 3. The third-order valence-electron chi connectivity index (χ3n) is 4.23. The summed E-state index contributed by atoms with van der Waals surface area (Å²) < 4.78 is 0. The van der Waals surface area contributed by atoms with Gasteiger partial charge in [-0.05, 0) is 56.9 Å². The van der Waals surface area contributed by atoms with E-state index >= 15 is 0 Å². The first-order chi connectivity index (χ1) is 11.1. The first-order valence-electron chi connectivity index (χ1n) is 8.35. The summed E-state index contributed by atoms with van der Waals surface area (Å²) in [4.78, 5) is 25.9. The molecule has 1 atom stereocenters. The Morgan fingerprint density at radius 3 is 2.30 bits per heavy atom. The van der Waals surface area contributed by atoms with Crippen LogP contribution in [0, 0.1) is 0 Å². The molecule has 0 radical (unpaired) electrons. The van der Waals surface area contributed by atoms with Crippen molar-refractivity contribution in [2.45, 2.75) is 44.7 Å². The summed E-state index contributed by atoms with van der Waals surface area (Å²) in [6, 6.07) is 7.36. The highest BCUT2D eigenvalue weighted by atomic mass is 16.2. The first kappa shape index (κ1) is 15.6. The fourth-order valence-electron chi connectivity index (χ4n) is 2.75. The molecule has 1 heterocycles. The van der Waals surface area contributed by atoms with Crippen molar-refractivity contribution in [3.8, 4) is 0 Å². The van der Waals surface area contributed by atoms with E-state index in [4.69, 9.17) is 0 Å². The Labute approximate surface area is 136 Å². The smallest absolute Gasteiger partial charge is 0.319 e. The Morgan fingerprint density at radius 1 is 1.09 bits per heavy atom.